The van der Waals surface area contributed by atoms with Crippen LogP contribution in [0.3, 0.4) is 0 Å². The second-order valence-electron chi connectivity index (χ2n) is 5.88. The molecule has 0 saturated heterocycles. The van der Waals surface area contributed by atoms with Crippen molar-refractivity contribution in [2.45, 2.75) is 79.4 Å². The molecule has 0 rings (SSSR count). The van der Waals surface area contributed by atoms with Gasteiger partial charge in [-0.15, -0.1) is 0 Å². The maximum atomic E-state index is 2.38. The van der Waals surface area contributed by atoms with Crippen LogP contribution in [0.15, 0.2) is 11.1 Å². The Morgan fingerprint density at radius 3 is 2.00 bits per heavy atom. The number of allylic oxidation sites excluding steroid dienone is 1. The summed E-state index contributed by atoms with van der Waals surface area (Å²) in [5, 5.41) is 0.744. The van der Waals surface area contributed by atoms with Crippen molar-refractivity contribution in [2.24, 2.45) is 11.8 Å². The minimum absolute atomic E-state index is 0.698. The van der Waals surface area contributed by atoms with Crippen LogP contribution in [-0.4, -0.2) is 11.0 Å². The Kier molecular flexibility index (Phi) is 10.00. The highest BCUT2D eigenvalue weighted by atomic mass is 32.2. The number of thioether (sulfide) groups is 1. The van der Waals surface area contributed by atoms with Gasteiger partial charge in [-0.25, -0.2) is 0 Å². The van der Waals surface area contributed by atoms with Crippen molar-refractivity contribution in [1.29, 1.82) is 0 Å². The van der Waals surface area contributed by atoms with E-state index < -0.39 is 0 Å². The van der Waals surface area contributed by atoms with Gasteiger partial charge in [-0.05, 0) is 43.8 Å². The standard InChI is InChI=1S/C17H34S/c1-8-11-18-16(10-3)17(13(4)5)15(7)12-14(6)9-2/h13-14,16H,8-12H2,1-7H3/b17-15+. The Labute approximate surface area is 120 Å². The van der Waals surface area contributed by atoms with Gasteiger partial charge in [-0.3, -0.25) is 0 Å². The summed E-state index contributed by atoms with van der Waals surface area (Å²) >= 11 is 2.16. The third-order valence-electron chi connectivity index (χ3n) is 3.71. The fourth-order valence-corrected chi connectivity index (χ4v) is 4.02. The Morgan fingerprint density at radius 2 is 1.61 bits per heavy atom. The normalized spacial score (nSPS) is 16.7. The van der Waals surface area contributed by atoms with Gasteiger partial charge in [0.1, 0.15) is 0 Å². The third-order valence-corrected chi connectivity index (χ3v) is 5.34. The molecular formula is C17H34S. The van der Waals surface area contributed by atoms with Gasteiger partial charge in [0.05, 0.1) is 0 Å². The molecule has 0 spiro atoms. The average molecular weight is 271 g/mol. The Hall–Kier alpha value is 0.0900. The molecule has 0 aliphatic rings. The van der Waals surface area contributed by atoms with Gasteiger partial charge in [-0.1, -0.05) is 59.1 Å². The highest BCUT2D eigenvalue weighted by Gasteiger charge is 2.19. The van der Waals surface area contributed by atoms with Crippen molar-refractivity contribution in [3.63, 3.8) is 0 Å². The summed E-state index contributed by atoms with van der Waals surface area (Å²) in [4.78, 5) is 0. The first-order valence-corrected chi connectivity index (χ1v) is 8.83. The largest absolute Gasteiger partial charge is 0.154 e. The molecule has 0 bridgehead atoms. The summed E-state index contributed by atoms with van der Waals surface area (Å²) < 4.78 is 0. The maximum Gasteiger partial charge on any atom is 0.0258 e. The second-order valence-corrected chi connectivity index (χ2v) is 7.19. The monoisotopic (exact) mass is 270 g/mol. The van der Waals surface area contributed by atoms with Gasteiger partial charge in [0.2, 0.25) is 0 Å². The molecule has 0 N–H and O–H groups in total. The summed E-state index contributed by atoms with van der Waals surface area (Å²) in [5.41, 5.74) is 3.39. The predicted octanol–water partition coefficient (Wildman–Crippen LogP) is 6.32. The molecular weight excluding hydrogens is 236 g/mol. The molecule has 18 heavy (non-hydrogen) atoms. The SMILES string of the molecule is CCCSC(CC)/C(=C(\C)CC(C)CC)C(C)C. The first kappa shape index (κ1) is 18.1. The number of rotatable bonds is 9. The van der Waals surface area contributed by atoms with Crippen LogP contribution in [0.25, 0.3) is 0 Å². The van der Waals surface area contributed by atoms with E-state index in [1.165, 1.54) is 31.4 Å². The van der Waals surface area contributed by atoms with Gasteiger partial charge in [-0.2, -0.15) is 11.8 Å². The summed E-state index contributed by atoms with van der Waals surface area (Å²) in [5.74, 6) is 2.82. The molecule has 0 aromatic heterocycles. The molecule has 0 aliphatic carbocycles. The second kappa shape index (κ2) is 9.95. The molecule has 0 radical (unpaired) electrons. The maximum absolute atomic E-state index is 2.38. The highest BCUT2D eigenvalue weighted by molar-refractivity contribution is 8.00. The molecule has 0 heterocycles. The van der Waals surface area contributed by atoms with E-state index >= 15 is 0 Å². The molecule has 0 nitrogen and oxygen atoms in total. The van der Waals surface area contributed by atoms with Crippen LogP contribution >= 0.6 is 11.8 Å². The van der Waals surface area contributed by atoms with E-state index in [-0.39, 0.29) is 0 Å². The summed E-state index contributed by atoms with van der Waals surface area (Å²) in [7, 11) is 0. The van der Waals surface area contributed by atoms with Crippen molar-refractivity contribution < 1.29 is 0 Å². The zero-order chi connectivity index (χ0) is 14.1. The van der Waals surface area contributed by atoms with Gasteiger partial charge < -0.3 is 0 Å². The van der Waals surface area contributed by atoms with E-state index in [1.54, 1.807) is 11.1 Å². The van der Waals surface area contributed by atoms with Gasteiger partial charge >= 0.3 is 0 Å². The Morgan fingerprint density at radius 1 is 1.00 bits per heavy atom. The molecule has 0 aromatic rings. The summed E-state index contributed by atoms with van der Waals surface area (Å²) in [6.07, 6.45) is 5.14. The van der Waals surface area contributed by atoms with E-state index in [2.05, 4.69) is 60.2 Å². The molecule has 2 unspecified atom stereocenters. The minimum Gasteiger partial charge on any atom is -0.154 e. The van der Waals surface area contributed by atoms with Crippen molar-refractivity contribution in [1.82, 2.24) is 0 Å². The first-order valence-electron chi connectivity index (χ1n) is 7.78. The van der Waals surface area contributed by atoms with Crippen molar-refractivity contribution in [3.8, 4) is 0 Å². The smallest absolute Gasteiger partial charge is 0.0258 e. The van der Waals surface area contributed by atoms with E-state index in [0.29, 0.717) is 5.92 Å². The van der Waals surface area contributed by atoms with Crippen molar-refractivity contribution in [2.75, 3.05) is 5.75 Å². The van der Waals surface area contributed by atoms with Crippen LogP contribution in [0.4, 0.5) is 0 Å². The van der Waals surface area contributed by atoms with Crippen molar-refractivity contribution >= 4 is 11.8 Å². The lowest BCUT2D eigenvalue weighted by atomic mass is 9.88. The Bertz CT molecular complexity index is 240. The fraction of sp³-hybridized carbons (Fsp3) is 0.882. The highest BCUT2D eigenvalue weighted by Crippen LogP contribution is 2.33. The zero-order valence-electron chi connectivity index (χ0n) is 13.7. The molecule has 0 fully saturated rings. The van der Waals surface area contributed by atoms with Gasteiger partial charge in [0, 0.05) is 5.25 Å². The molecule has 2 atom stereocenters. The van der Waals surface area contributed by atoms with E-state index in [1.807, 2.05) is 0 Å². The van der Waals surface area contributed by atoms with Crippen LogP contribution < -0.4 is 0 Å². The lowest BCUT2D eigenvalue weighted by molar-refractivity contribution is 0.546. The van der Waals surface area contributed by atoms with Crippen LogP contribution in [-0.2, 0) is 0 Å². The van der Waals surface area contributed by atoms with Crippen LogP contribution in [0.2, 0.25) is 0 Å². The molecule has 108 valence electrons. The predicted molar refractivity (Wildman–Crippen MR) is 88.4 cm³/mol. The average Bonchev–Trinajstić information content (AvgIpc) is 2.33. The third kappa shape index (κ3) is 6.31. The quantitative estimate of drug-likeness (QED) is 0.442. The van der Waals surface area contributed by atoms with Crippen LogP contribution in [0.1, 0.15) is 74.1 Å². The van der Waals surface area contributed by atoms with Crippen molar-refractivity contribution in [3.05, 3.63) is 11.1 Å². The molecule has 0 aliphatic heterocycles. The lowest BCUT2D eigenvalue weighted by Gasteiger charge is -2.26. The first-order chi connectivity index (χ1) is 8.47. The lowest BCUT2D eigenvalue weighted by Crippen LogP contribution is -2.14. The Balaban J connectivity index is 4.93. The molecule has 1 heteroatoms. The fourth-order valence-electron chi connectivity index (χ4n) is 2.61. The molecule has 0 saturated carbocycles. The van der Waals surface area contributed by atoms with E-state index in [4.69, 9.17) is 0 Å². The summed E-state index contributed by atoms with van der Waals surface area (Å²) in [6.45, 7) is 16.4. The minimum atomic E-state index is 0.698. The topological polar surface area (TPSA) is 0 Å². The molecule has 0 aromatic carbocycles. The van der Waals surface area contributed by atoms with E-state index in [9.17, 15) is 0 Å². The number of hydrogen-bond acceptors (Lipinski definition) is 1. The van der Waals surface area contributed by atoms with Crippen LogP contribution in [0, 0.1) is 11.8 Å². The van der Waals surface area contributed by atoms with Gasteiger partial charge in [0.15, 0.2) is 0 Å². The van der Waals surface area contributed by atoms with E-state index in [0.717, 1.165) is 11.2 Å². The molecule has 0 amide bonds. The van der Waals surface area contributed by atoms with Gasteiger partial charge in [0.25, 0.3) is 0 Å². The zero-order valence-corrected chi connectivity index (χ0v) is 14.5. The summed E-state index contributed by atoms with van der Waals surface area (Å²) in [6, 6.07) is 0. The number of hydrogen-bond donors (Lipinski definition) is 0. The van der Waals surface area contributed by atoms with Crippen LogP contribution in [0.5, 0.6) is 0 Å².